The second kappa shape index (κ2) is 4.67. The van der Waals surface area contributed by atoms with Crippen molar-refractivity contribution in [1.29, 1.82) is 0 Å². The predicted octanol–water partition coefficient (Wildman–Crippen LogP) is 6.13. The molecule has 0 fully saturated rings. The summed E-state index contributed by atoms with van der Waals surface area (Å²) in [6.07, 6.45) is 0. The molecule has 0 radical (unpaired) electrons. The van der Waals surface area contributed by atoms with Gasteiger partial charge in [0.1, 0.15) is 0 Å². The highest BCUT2D eigenvalue weighted by Gasteiger charge is 2.17. The van der Waals surface area contributed by atoms with E-state index >= 15 is 0 Å². The summed E-state index contributed by atoms with van der Waals surface area (Å²) >= 11 is 0. The van der Waals surface area contributed by atoms with Crippen LogP contribution in [0.5, 0.6) is 0 Å². The van der Waals surface area contributed by atoms with Gasteiger partial charge in [-0.2, -0.15) is 0 Å². The highest BCUT2D eigenvalue weighted by atomic mass is 15.0. The predicted molar refractivity (Wildman–Crippen MR) is 112 cm³/mol. The maximum Gasteiger partial charge on any atom is 0.0736 e. The van der Waals surface area contributed by atoms with E-state index in [2.05, 4.69) is 96.0 Å². The van der Waals surface area contributed by atoms with E-state index < -0.39 is 0 Å². The van der Waals surface area contributed by atoms with Gasteiger partial charge in [0.25, 0.3) is 0 Å². The lowest BCUT2D eigenvalue weighted by Gasteiger charge is -2.21. The average Bonchev–Trinajstić information content (AvgIpc) is 2.70. The molecule has 0 aliphatic carbocycles. The number of hydrogen-bond acceptors (Lipinski definition) is 0. The van der Waals surface area contributed by atoms with Gasteiger partial charge in [-0.15, -0.1) is 0 Å². The smallest absolute Gasteiger partial charge is 0.0736 e. The Bertz CT molecular complexity index is 1380. The van der Waals surface area contributed by atoms with Crippen LogP contribution in [0, 0.1) is 0 Å². The molecule has 0 spiro atoms. The van der Waals surface area contributed by atoms with Crippen LogP contribution in [0.15, 0.2) is 72.8 Å². The summed E-state index contributed by atoms with van der Waals surface area (Å²) in [6, 6.07) is 26.5. The first-order valence-corrected chi connectivity index (χ1v) is 9.01. The number of hydrogen-bond donors (Lipinski definition) is 0. The molecule has 0 saturated carbocycles. The van der Waals surface area contributed by atoms with Crippen LogP contribution in [-0.4, -0.2) is 9.13 Å². The lowest BCUT2D eigenvalue weighted by molar-refractivity contribution is 0.943. The molecular weight excluding hydrogens is 316 g/mol. The number of nitrogens with zero attached hydrogens (tertiary/aromatic N) is 2. The van der Waals surface area contributed by atoms with Crippen LogP contribution in [0.3, 0.4) is 0 Å². The minimum absolute atomic E-state index is 1.25. The Morgan fingerprint density at radius 2 is 0.962 bits per heavy atom. The van der Waals surface area contributed by atoms with E-state index in [0.717, 1.165) is 0 Å². The standard InChI is InChI=1S/C24H18N2/c1-25-19-11-3-4-12-20(19)26(2)24-18-10-6-8-16-14-13-15-7-5-9-17(23(24)25)21(15)22(16)18/h3-14H,1-2H3. The highest BCUT2D eigenvalue weighted by molar-refractivity contribution is 6.32. The van der Waals surface area contributed by atoms with E-state index in [-0.39, 0.29) is 0 Å². The van der Waals surface area contributed by atoms with Crippen molar-refractivity contribution in [3.63, 3.8) is 0 Å². The maximum atomic E-state index is 2.36. The minimum Gasteiger partial charge on any atom is -0.341 e. The number of fused-ring (bicyclic) bond motifs is 4. The summed E-state index contributed by atoms with van der Waals surface area (Å²) in [5, 5.41) is 8.02. The van der Waals surface area contributed by atoms with Crippen LogP contribution < -0.4 is 0 Å². The first kappa shape index (κ1) is 14.0. The second-order valence-corrected chi connectivity index (χ2v) is 7.18. The van der Waals surface area contributed by atoms with E-state index in [1.165, 1.54) is 54.4 Å². The number of para-hydroxylation sites is 2. The first-order chi connectivity index (χ1) is 12.8. The molecule has 1 aromatic heterocycles. The Morgan fingerprint density at radius 1 is 0.500 bits per heavy atom. The quantitative estimate of drug-likeness (QED) is 0.234. The van der Waals surface area contributed by atoms with Gasteiger partial charge in [-0.3, -0.25) is 0 Å². The Balaban J connectivity index is 2.12. The normalized spacial score (nSPS) is 12.2. The monoisotopic (exact) mass is 334 g/mol. The molecule has 1 heterocycles. The van der Waals surface area contributed by atoms with E-state index in [0.29, 0.717) is 0 Å². The molecular formula is C24H18N2. The molecule has 0 unspecified atom stereocenters. The number of rotatable bonds is 0. The van der Waals surface area contributed by atoms with Crippen LogP contribution in [0.4, 0.5) is 0 Å². The molecule has 0 N–H and O–H groups in total. The molecule has 6 rings (SSSR count). The topological polar surface area (TPSA) is 9.86 Å². The van der Waals surface area contributed by atoms with Gasteiger partial charge in [-0.25, -0.2) is 0 Å². The molecule has 5 aromatic carbocycles. The zero-order chi connectivity index (χ0) is 17.4. The summed E-state index contributed by atoms with van der Waals surface area (Å²) in [5.41, 5.74) is 5.08. The van der Waals surface area contributed by atoms with E-state index in [1.54, 1.807) is 0 Å². The molecule has 0 bridgehead atoms. The Labute approximate surface area is 150 Å². The average molecular weight is 334 g/mol. The molecule has 124 valence electrons. The largest absolute Gasteiger partial charge is 0.341 e. The van der Waals surface area contributed by atoms with Crippen molar-refractivity contribution >= 4 is 54.4 Å². The van der Waals surface area contributed by atoms with E-state index in [1.807, 2.05) is 0 Å². The maximum absolute atomic E-state index is 2.36. The lowest BCUT2D eigenvalue weighted by atomic mass is 9.92. The fourth-order valence-electron chi connectivity index (χ4n) is 4.76. The van der Waals surface area contributed by atoms with Gasteiger partial charge in [-0.05, 0) is 33.7 Å². The molecule has 0 aliphatic heterocycles. The molecule has 0 atom stereocenters. The van der Waals surface area contributed by atoms with Crippen molar-refractivity contribution in [2.45, 2.75) is 0 Å². The van der Waals surface area contributed by atoms with Gasteiger partial charge in [-0.1, -0.05) is 60.7 Å². The van der Waals surface area contributed by atoms with Crippen LogP contribution in [-0.2, 0) is 14.1 Å². The zero-order valence-corrected chi connectivity index (χ0v) is 14.8. The summed E-state index contributed by atoms with van der Waals surface area (Å²) in [5.74, 6) is 0. The summed E-state index contributed by atoms with van der Waals surface area (Å²) in [4.78, 5) is 0. The third kappa shape index (κ3) is 1.53. The second-order valence-electron chi connectivity index (χ2n) is 7.18. The lowest BCUT2D eigenvalue weighted by Crippen LogP contribution is -2.06. The van der Waals surface area contributed by atoms with Crippen molar-refractivity contribution in [2.24, 2.45) is 14.1 Å². The SMILES string of the molecule is Cn1c2ccccc2n(C)c2c3cccc4ccc5cccc(c5c43)c21. The first-order valence-electron chi connectivity index (χ1n) is 9.01. The molecule has 2 heteroatoms. The van der Waals surface area contributed by atoms with Crippen LogP contribution in [0.1, 0.15) is 0 Å². The molecule has 0 aliphatic rings. The molecule has 0 amide bonds. The van der Waals surface area contributed by atoms with Gasteiger partial charge >= 0.3 is 0 Å². The fraction of sp³-hybridized carbons (Fsp3) is 0.0833. The van der Waals surface area contributed by atoms with Crippen molar-refractivity contribution in [1.82, 2.24) is 9.13 Å². The van der Waals surface area contributed by atoms with Crippen molar-refractivity contribution in [3.05, 3.63) is 72.8 Å². The number of aromatic nitrogens is 2. The molecule has 26 heavy (non-hydrogen) atoms. The van der Waals surface area contributed by atoms with Gasteiger partial charge in [0.05, 0.1) is 22.1 Å². The fourth-order valence-corrected chi connectivity index (χ4v) is 4.76. The van der Waals surface area contributed by atoms with Crippen LogP contribution in [0.25, 0.3) is 54.4 Å². The molecule has 0 saturated heterocycles. The highest BCUT2D eigenvalue weighted by Crippen LogP contribution is 2.41. The van der Waals surface area contributed by atoms with E-state index in [9.17, 15) is 0 Å². The Kier molecular flexibility index (Phi) is 2.51. The Hall–Kier alpha value is -3.26. The Morgan fingerprint density at radius 3 is 1.42 bits per heavy atom. The van der Waals surface area contributed by atoms with Gasteiger partial charge in [0.2, 0.25) is 0 Å². The number of aryl methyl sites for hydroxylation is 2. The number of benzene rings is 5. The van der Waals surface area contributed by atoms with Crippen LogP contribution in [0.2, 0.25) is 0 Å². The third-order valence-electron chi connectivity index (χ3n) is 5.90. The zero-order valence-electron chi connectivity index (χ0n) is 14.8. The van der Waals surface area contributed by atoms with Gasteiger partial charge in [0.15, 0.2) is 0 Å². The molecule has 2 nitrogen and oxygen atoms in total. The van der Waals surface area contributed by atoms with E-state index in [4.69, 9.17) is 0 Å². The van der Waals surface area contributed by atoms with Crippen LogP contribution >= 0.6 is 0 Å². The van der Waals surface area contributed by atoms with Gasteiger partial charge in [0, 0.05) is 24.9 Å². The minimum atomic E-state index is 1.25. The third-order valence-corrected chi connectivity index (χ3v) is 5.90. The van der Waals surface area contributed by atoms with Crippen molar-refractivity contribution in [2.75, 3.05) is 0 Å². The molecule has 6 aromatic rings. The summed E-state index contributed by atoms with van der Waals surface area (Å²) < 4.78 is 4.71. The summed E-state index contributed by atoms with van der Waals surface area (Å²) in [6.45, 7) is 0. The summed E-state index contributed by atoms with van der Waals surface area (Å²) in [7, 11) is 4.38. The van der Waals surface area contributed by atoms with Gasteiger partial charge < -0.3 is 9.13 Å². The van der Waals surface area contributed by atoms with Crippen molar-refractivity contribution < 1.29 is 0 Å². The van der Waals surface area contributed by atoms with Crippen molar-refractivity contribution in [3.8, 4) is 0 Å².